The van der Waals surface area contributed by atoms with Gasteiger partial charge in [0.25, 0.3) is 5.91 Å². The average molecular weight is 440 g/mol. The number of para-hydroxylation sites is 1. The molecule has 0 N–H and O–H groups in total. The summed E-state index contributed by atoms with van der Waals surface area (Å²) in [6.45, 7) is 2.82. The van der Waals surface area contributed by atoms with Gasteiger partial charge in [0.05, 0.1) is 29.1 Å². The second-order valence-corrected chi connectivity index (χ2v) is 11.0. The van der Waals surface area contributed by atoms with Gasteiger partial charge in [0.1, 0.15) is 10.1 Å². The number of benzene rings is 1. The minimum atomic E-state index is -3.08. The molecule has 1 atom stereocenters. The molecule has 1 amide bonds. The number of thioether (sulfide) groups is 1. The van der Waals surface area contributed by atoms with Crippen LogP contribution in [0.25, 0.3) is 6.08 Å². The summed E-state index contributed by atoms with van der Waals surface area (Å²) in [5, 5.41) is 0. The monoisotopic (exact) mass is 439 g/mol. The largest absolute Gasteiger partial charge is 0.493 e. The average Bonchev–Trinajstić information content (AvgIpc) is 3.14. The van der Waals surface area contributed by atoms with Crippen molar-refractivity contribution in [2.24, 2.45) is 0 Å². The summed E-state index contributed by atoms with van der Waals surface area (Å²) in [6.07, 6.45) is 6.76. The second-order valence-electron chi connectivity index (χ2n) is 7.06. The maximum absolute atomic E-state index is 12.9. The first-order valence-corrected chi connectivity index (χ1v) is 12.6. The van der Waals surface area contributed by atoms with Gasteiger partial charge in [-0.25, -0.2) is 8.42 Å². The molecule has 152 valence electrons. The van der Waals surface area contributed by atoms with Crippen LogP contribution in [0.5, 0.6) is 5.75 Å². The van der Waals surface area contributed by atoms with Crippen molar-refractivity contribution in [1.82, 2.24) is 4.90 Å². The Kier molecular flexibility index (Phi) is 7.17. The summed E-state index contributed by atoms with van der Waals surface area (Å²) in [5.74, 6) is 0.634. The molecule has 2 heterocycles. The van der Waals surface area contributed by atoms with Crippen LogP contribution < -0.4 is 4.74 Å². The first kappa shape index (κ1) is 21.3. The minimum absolute atomic E-state index is 0.00974. The van der Waals surface area contributed by atoms with Crippen LogP contribution >= 0.6 is 24.0 Å². The summed E-state index contributed by atoms with van der Waals surface area (Å²) in [7, 11) is -3.08. The third kappa shape index (κ3) is 5.15. The van der Waals surface area contributed by atoms with Crippen molar-refractivity contribution < 1.29 is 17.9 Å². The van der Waals surface area contributed by atoms with Crippen LogP contribution in [0.2, 0.25) is 0 Å². The van der Waals surface area contributed by atoms with Gasteiger partial charge in [-0.1, -0.05) is 68.4 Å². The van der Waals surface area contributed by atoms with E-state index < -0.39 is 9.84 Å². The van der Waals surface area contributed by atoms with Gasteiger partial charge in [-0.05, 0) is 25.0 Å². The molecular weight excluding hydrogens is 414 g/mol. The standard InChI is InChI=1S/C20H25NO4S3/c1-2-3-4-7-11-25-17-9-6-5-8-15(17)13-18-19(22)21(20(26)27-18)16-10-12-28(23,24)14-16/h5-6,8-9,13,16H,2-4,7,10-12,14H2,1H3/b18-13-/t16-/m1/s1. The molecule has 0 unspecified atom stereocenters. The summed E-state index contributed by atoms with van der Waals surface area (Å²) in [6, 6.07) is 7.27. The van der Waals surface area contributed by atoms with Gasteiger partial charge >= 0.3 is 0 Å². The SMILES string of the molecule is CCCCCCOc1ccccc1/C=C1\SC(=S)N([C@@H]2CCS(=O)(=O)C2)C1=O. The molecule has 5 nitrogen and oxygen atoms in total. The second kappa shape index (κ2) is 9.41. The first-order chi connectivity index (χ1) is 13.4. The number of carbonyl (C=O) groups is 1. The van der Waals surface area contributed by atoms with Gasteiger partial charge in [-0.3, -0.25) is 9.69 Å². The van der Waals surface area contributed by atoms with Crippen molar-refractivity contribution in [3.05, 3.63) is 34.7 Å². The van der Waals surface area contributed by atoms with E-state index in [4.69, 9.17) is 17.0 Å². The highest BCUT2D eigenvalue weighted by Gasteiger charge is 2.42. The Labute approximate surface area is 176 Å². The number of amides is 1. The number of ether oxygens (including phenoxy) is 1. The van der Waals surface area contributed by atoms with Crippen molar-refractivity contribution >= 4 is 50.1 Å². The molecule has 0 radical (unpaired) electrons. The molecule has 2 fully saturated rings. The smallest absolute Gasteiger partial charge is 0.266 e. The lowest BCUT2D eigenvalue weighted by Crippen LogP contribution is -2.39. The maximum atomic E-state index is 12.9. The third-order valence-electron chi connectivity index (χ3n) is 4.86. The van der Waals surface area contributed by atoms with Gasteiger partial charge in [-0.15, -0.1) is 0 Å². The predicted octanol–water partition coefficient (Wildman–Crippen LogP) is 4.03. The fourth-order valence-electron chi connectivity index (χ4n) is 3.36. The van der Waals surface area contributed by atoms with Crippen LogP contribution in [0.3, 0.4) is 0 Å². The first-order valence-electron chi connectivity index (χ1n) is 9.60. The Bertz CT molecular complexity index is 879. The molecule has 0 bridgehead atoms. The zero-order valence-electron chi connectivity index (χ0n) is 15.9. The molecule has 1 aromatic carbocycles. The maximum Gasteiger partial charge on any atom is 0.266 e. The van der Waals surface area contributed by atoms with E-state index in [0.717, 1.165) is 24.2 Å². The quantitative estimate of drug-likeness (QED) is 0.346. The number of thiocarbonyl (C=S) groups is 1. The zero-order valence-corrected chi connectivity index (χ0v) is 18.4. The van der Waals surface area contributed by atoms with Crippen molar-refractivity contribution in [1.29, 1.82) is 0 Å². The number of carbonyl (C=O) groups excluding carboxylic acids is 1. The highest BCUT2D eigenvalue weighted by atomic mass is 32.2. The number of sulfone groups is 1. The summed E-state index contributed by atoms with van der Waals surface area (Å²) in [5.41, 5.74) is 0.831. The van der Waals surface area contributed by atoms with E-state index in [2.05, 4.69) is 6.92 Å². The molecule has 2 aliphatic rings. The van der Waals surface area contributed by atoms with Gasteiger partial charge in [0.15, 0.2) is 9.84 Å². The molecule has 0 saturated carbocycles. The molecule has 2 aliphatic heterocycles. The Morgan fingerprint density at radius 1 is 1.29 bits per heavy atom. The van der Waals surface area contributed by atoms with E-state index in [9.17, 15) is 13.2 Å². The van der Waals surface area contributed by atoms with Crippen molar-refractivity contribution in [2.45, 2.75) is 45.1 Å². The highest BCUT2D eigenvalue weighted by Crippen LogP contribution is 2.37. The van der Waals surface area contributed by atoms with E-state index in [1.807, 2.05) is 24.3 Å². The number of rotatable bonds is 8. The Balaban J connectivity index is 1.72. The lowest BCUT2D eigenvalue weighted by molar-refractivity contribution is -0.123. The topological polar surface area (TPSA) is 63.7 Å². The van der Waals surface area contributed by atoms with Crippen LogP contribution in [-0.4, -0.2) is 47.7 Å². The minimum Gasteiger partial charge on any atom is -0.493 e. The van der Waals surface area contributed by atoms with Crippen LogP contribution in [0, 0.1) is 0 Å². The fraction of sp³-hybridized carbons (Fsp3) is 0.500. The van der Waals surface area contributed by atoms with Crippen LogP contribution in [0.15, 0.2) is 29.2 Å². The third-order valence-corrected chi connectivity index (χ3v) is 7.94. The zero-order chi connectivity index (χ0) is 20.1. The number of unbranched alkanes of at least 4 members (excludes halogenated alkanes) is 3. The summed E-state index contributed by atoms with van der Waals surface area (Å²) >= 11 is 6.59. The molecule has 0 aromatic heterocycles. The van der Waals surface area contributed by atoms with Gasteiger partial charge < -0.3 is 4.74 Å². The molecule has 28 heavy (non-hydrogen) atoms. The summed E-state index contributed by atoms with van der Waals surface area (Å²) < 4.78 is 29.9. The predicted molar refractivity (Wildman–Crippen MR) is 118 cm³/mol. The number of nitrogens with zero attached hydrogens (tertiary/aromatic N) is 1. The van der Waals surface area contributed by atoms with E-state index in [-0.39, 0.29) is 23.5 Å². The van der Waals surface area contributed by atoms with E-state index in [1.54, 1.807) is 6.08 Å². The number of hydrogen-bond acceptors (Lipinski definition) is 6. The molecule has 3 rings (SSSR count). The van der Waals surface area contributed by atoms with Crippen LogP contribution in [0.1, 0.15) is 44.6 Å². The molecule has 2 saturated heterocycles. The molecule has 1 aromatic rings. The molecular formula is C20H25NO4S3. The lowest BCUT2D eigenvalue weighted by atomic mass is 10.1. The highest BCUT2D eigenvalue weighted by molar-refractivity contribution is 8.26. The Hall–Kier alpha value is -1.38. The fourth-order valence-corrected chi connectivity index (χ4v) is 6.45. The lowest BCUT2D eigenvalue weighted by Gasteiger charge is -2.20. The van der Waals surface area contributed by atoms with Gasteiger partial charge in [0.2, 0.25) is 0 Å². The summed E-state index contributed by atoms with van der Waals surface area (Å²) in [4.78, 5) is 14.9. The van der Waals surface area contributed by atoms with Crippen LogP contribution in [0.4, 0.5) is 0 Å². The molecule has 8 heteroatoms. The Morgan fingerprint density at radius 3 is 2.79 bits per heavy atom. The van der Waals surface area contributed by atoms with Crippen LogP contribution in [-0.2, 0) is 14.6 Å². The van der Waals surface area contributed by atoms with Gasteiger partial charge in [0, 0.05) is 5.56 Å². The van der Waals surface area contributed by atoms with E-state index >= 15 is 0 Å². The Morgan fingerprint density at radius 2 is 2.07 bits per heavy atom. The van der Waals surface area contributed by atoms with Crippen molar-refractivity contribution in [2.75, 3.05) is 18.1 Å². The van der Waals surface area contributed by atoms with E-state index in [1.165, 1.54) is 29.5 Å². The van der Waals surface area contributed by atoms with Gasteiger partial charge in [-0.2, -0.15) is 0 Å². The van der Waals surface area contributed by atoms with Crippen molar-refractivity contribution in [3.63, 3.8) is 0 Å². The molecule has 0 spiro atoms. The normalized spacial score (nSPS) is 23.0. The van der Waals surface area contributed by atoms with E-state index in [0.29, 0.717) is 22.3 Å². The molecule has 0 aliphatic carbocycles. The number of hydrogen-bond donors (Lipinski definition) is 0. The van der Waals surface area contributed by atoms with Crippen molar-refractivity contribution in [3.8, 4) is 5.75 Å².